The summed E-state index contributed by atoms with van der Waals surface area (Å²) in [6, 6.07) is 35.3. The molecule has 210 valence electrons. The fourth-order valence-electron chi connectivity index (χ4n) is 6.35. The van der Waals surface area contributed by atoms with Crippen LogP contribution in [0.5, 0.6) is 0 Å². The molecule has 0 unspecified atom stereocenters. The van der Waals surface area contributed by atoms with Crippen molar-refractivity contribution in [2.45, 2.75) is 39.5 Å². The predicted octanol–water partition coefficient (Wildman–Crippen LogP) is 10.6. The second-order valence-electron chi connectivity index (χ2n) is 11.8. The molecule has 3 heterocycles. The number of para-hydroxylation sites is 4. The highest BCUT2D eigenvalue weighted by molar-refractivity contribution is 6.20. The number of oxazole rings is 1. The lowest BCUT2D eigenvalue weighted by Gasteiger charge is -2.22. The van der Waals surface area contributed by atoms with Crippen LogP contribution < -0.4 is 0 Å². The van der Waals surface area contributed by atoms with E-state index >= 15 is 0 Å². The zero-order chi connectivity index (χ0) is 29.2. The van der Waals surface area contributed by atoms with Crippen LogP contribution in [0, 0.1) is 0 Å². The number of nitrogens with zero attached hydrogens (tertiary/aromatic N) is 3. The summed E-state index contributed by atoms with van der Waals surface area (Å²) in [4.78, 5) is 10.3. The first-order chi connectivity index (χ1) is 21.0. The standard InChI is InChI=1S/C38H31N3O2/c1-22(2)25-16-12-17-26(23(3)4)35(25)41-30-19-10-9-18-29(30)39-37(41)28-21-32-34(40-38(43-32)24-13-6-5-7-14-24)33-27-15-8-11-20-31(27)42-36(28)33/h5-23H,1-4H3. The lowest BCUT2D eigenvalue weighted by Crippen LogP contribution is -2.08. The molecular weight excluding hydrogens is 530 g/mol. The highest BCUT2D eigenvalue weighted by Crippen LogP contribution is 2.44. The molecular formula is C38H31N3O2. The Morgan fingerprint density at radius 3 is 2.12 bits per heavy atom. The van der Waals surface area contributed by atoms with Gasteiger partial charge >= 0.3 is 0 Å². The smallest absolute Gasteiger partial charge is 0.227 e. The van der Waals surface area contributed by atoms with Crippen LogP contribution in [0.2, 0.25) is 0 Å². The molecule has 0 N–H and O–H groups in total. The monoisotopic (exact) mass is 561 g/mol. The van der Waals surface area contributed by atoms with Crippen LogP contribution in [0.4, 0.5) is 0 Å². The number of hydrogen-bond donors (Lipinski definition) is 0. The first-order valence-corrected chi connectivity index (χ1v) is 14.9. The zero-order valence-electron chi connectivity index (χ0n) is 24.6. The number of benzene rings is 5. The number of imidazole rings is 1. The summed E-state index contributed by atoms with van der Waals surface area (Å²) < 4.78 is 15.5. The highest BCUT2D eigenvalue weighted by atomic mass is 16.4. The molecule has 0 atom stereocenters. The average Bonchev–Trinajstić information content (AvgIpc) is 3.73. The molecule has 0 bridgehead atoms. The molecule has 0 amide bonds. The van der Waals surface area contributed by atoms with Gasteiger partial charge < -0.3 is 8.83 Å². The molecule has 43 heavy (non-hydrogen) atoms. The normalized spacial score (nSPS) is 12.1. The predicted molar refractivity (Wildman–Crippen MR) is 175 cm³/mol. The number of furan rings is 1. The molecule has 0 saturated heterocycles. The van der Waals surface area contributed by atoms with Gasteiger partial charge in [0.15, 0.2) is 5.58 Å². The van der Waals surface area contributed by atoms with Gasteiger partial charge in [-0.1, -0.05) is 94.4 Å². The van der Waals surface area contributed by atoms with Gasteiger partial charge in [-0.3, -0.25) is 4.57 Å². The maximum atomic E-state index is 6.67. The van der Waals surface area contributed by atoms with Crippen molar-refractivity contribution >= 4 is 44.1 Å². The van der Waals surface area contributed by atoms with Crippen molar-refractivity contribution in [3.8, 4) is 28.5 Å². The number of fused-ring (bicyclic) bond motifs is 6. The second-order valence-corrected chi connectivity index (χ2v) is 11.8. The van der Waals surface area contributed by atoms with E-state index in [1.54, 1.807) is 0 Å². The molecule has 0 spiro atoms. The second kappa shape index (κ2) is 9.70. The SMILES string of the molecule is CC(C)c1cccc(C(C)C)c1-n1c(-c2cc3oc(-c4ccccc4)nc3c3c2oc2ccccc23)nc2ccccc21. The molecule has 0 aliphatic rings. The summed E-state index contributed by atoms with van der Waals surface area (Å²) in [6.45, 7) is 9.02. The minimum absolute atomic E-state index is 0.319. The molecule has 8 aromatic rings. The summed E-state index contributed by atoms with van der Waals surface area (Å²) in [7, 11) is 0. The van der Waals surface area contributed by atoms with Crippen molar-refractivity contribution in [3.05, 3.63) is 114 Å². The molecule has 0 aliphatic carbocycles. The summed E-state index contributed by atoms with van der Waals surface area (Å²) in [5.41, 5.74) is 10.6. The largest absolute Gasteiger partial charge is 0.455 e. The van der Waals surface area contributed by atoms with E-state index in [0.717, 1.165) is 55.4 Å². The van der Waals surface area contributed by atoms with Crippen LogP contribution in [-0.4, -0.2) is 14.5 Å². The van der Waals surface area contributed by atoms with Gasteiger partial charge in [0, 0.05) is 10.9 Å². The van der Waals surface area contributed by atoms with Gasteiger partial charge in [0.25, 0.3) is 0 Å². The van der Waals surface area contributed by atoms with Crippen molar-refractivity contribution in [1.29, 1.82) is 0 Å². The molecule has 0 saturated carbocycles. The van der Waals surface area contributed by atoms with E-state index in [2.05, 4.69) is 80.8 Å². The third-order valence-corrected chi connectivity index (χ3v) is 8.39. The third-order valence-electron chi connectivity index (χ3n) is 8.39. The average molecular weight is 562 g/mol. The number of hydrogen-bond acceptors (Lipinski definition) is 4. The van der Waals surface area contributed by atoms with E-state index in [0.29, 0.717) is 23.3 Å². The van der Waals surface area contributed by atoms with Crippen molar-refractivity contribution in [2.75, 3.05) is 0 Å². The van der Waals surface area contributed by atoms with Crippen LogP contribution >= 0.6 is 0 Å². The Hall–Kier alpha value is -5.16. The summed E-state index contributed by atoms with van der Waals surface area (Å²) >= 11 is 0. The van der Waals surface area contributed by atoms with Crippen LogP contribution in [0.15, 0.2) is 112 Å². The fourth-order valence-corrected chi connectivity index (χ4v) is 6.35. The minimum atomic E-state index is 0.319. The summed E-state index contributed by atoms with van der Waals surface area (Å²) in [5, 5.41) is 1.94. The molecule has 3 aromatic heterocycles. The Morgan fingerprint density at radius 2 is 1.35 bits per heavy atom. The maximum absolute atomic E-state index is 6.67. The van der Waals surface area contributed by atoms with Crippen LogP contribution in [0.1, 0.15) is 50.7 Å². The van der Waals surface area contributed by atoms with E-state index in [-0.39, 0.29) is 0 Å². The van der Waals surface area contributed by atoms with E-state index in [1.807, 2.05) is 54.6 Å². The van der Waals surface area contributed by atoms with Crippen molar-refractivity contribution < 1.29 is 8.83 Å². The topological polar surface area (TPSA) is 57.0 Å². The van der Waals surface area contributed by atoms with Crippen molar-refractivity contribution in [2.24, 2.45) is 0 Å². The van der Waals surface area contributed by atoms with Gasteiger partial charge in [-0.15, -0.1) is 0 Å². The lowest BCUT2D eigenvalue weighted by atomic mass is 9.92. The summed E-state index contributed by atoms with van der Waals surface area (Å²) in [5.74, 6) is 2.04. The van der Waals surface area contributed by atoms with Gasteiger partial charge in [-0.05, 0) is 59.4 Å². The van der Waals surface area contributed by atoms with Gasteiger partial charge in [-0.2, -0.15) is 0 Å². The minimum Gasteiger partial charge on any atom is -0.455 e. The molecule has 0 aliphatic heterocycles. The van der Waals surface area contributed by atoms with Crippen LogP contribution in [0.3, 0.4) is 0 Å². The van der Waals surface area contributed by atoms with Crippen molar-refractivity contribution in [3.63, 3.8) is 0 Å². The first-order valence-electron chi connectivity index (χ1n) is 14.9. The quantitative estimate of drug-likeness (QED) is 0.210. The van der Waals surface area contributed by atoms with Gasteiger partial charge in [0.2, 0.25) is 5.89 Å². The Labute approximate surface area is 249 Å². The van der Waals surface area contributed by atoms with Crippen molar-refractivity contribution in [1.82, 2.24) is 14.5 Å². The van der Waals surface area contributed by atoms with Crippen LogP contribution in [-0.2, 0) is 0 Å². The maximum Gasteiger partial charge on any atom is 0.227 e. The molecule has 5 nitrogen and oxygen atoms in total. The van der Waals surface area contributed by atoms with Crippen LogP contribution in [0.25, 0.3) is 72.6 Å². The Kier molecular flexibility index (Phi) is 5.76. The molecule has 8 rings (SSSR count). The summed E-state index contributed by atoms with van der Waals surface area (Å²) in [6.07, 6.45) is 0. The highest BCUT2D eigenvalue weighted by Gasteiger charge is 2.27. The Bertz CT molecular complexity index is 2280. The number of rotatable bonds is 5. The first kappa shape index (κ1) is 25.5. The van der Waals surface area contributed by atoms with E-state index in [4.69, 9.17) is 18.8 Å². The Balaban J connectivity index is 1.53. The number of aromatic nitrogens is 3. The Morgan fingerprint density at radius 1 is 0.651 bits per heavy atom. The molecule has 5 heteroatoms. The molecule has 0 radical (unpaired) electrons. The van der Waals surface area contributed by atoms with Gasteiger partial charge in [-0.25, -0.2) is 9.97 Å². The fraction of sp³-hybridized carbons (Fsp3) is 0.158. The van der Waals surface area contributed by atoms with Gasteiger partial charge in [0.1, 0.15) is 22.5 Å². The van der Waals surface area contributed by atoms with E-state index in [1.165, 1.54) is 16.8 Å². The molecule has 0 fully saturated rings. The zero-order valence-corrected chi connectivity index (χ0v) is 24.6. The third kappa shape index (κ3) is 3.92. The van der Waals surface area contributed by atoms with Gasteiger partial charge in [0.05, 0.1) is 27.7 Å². The van der Waals surface area contributed by atoms with E-state index < -0.39 is 0 Å². The van der Waals surface area contributed by atoms with E-state index in [9.17, 15) is 0 Å². The lowest BCUT2D eigenvalue weighted by molar-refractivity contribution is 0.619. The molecule has 5 aromatic carbocycles.